The number of hydrogen-bond donors (Lipinski definition) is 3. The summed E-state index contributed by atoms with van der Waals surface area (Å²) >= 11 is 0. The standard InChI is InChI=1S/C25H27FN6O4/c1-32(2)24(33)20-17(26)6-5-7-18(20)29-12-15-10-16-13(8-14-11-30-25(28)31-23(14)27)9-19(34-3)22(35-4)21(16)36-15/h5-7,9-11,29H,8,12H2,1-4H3,(H4,27,28,30,31). The summed E-state index contributed by atoms with van der Waals surface area (Å²) in [7, 11) is 6.19. The number of amides is 1. The number of nitrogens with two attached hydrogens (primary N) is 2. The molecule has 5 N–H and O–H groups in total. The number of methoxy groups -OCH3 is 2. The fourth-order valence-electron chi connectivity index (χ4n) is 3.91. The van der Waals surface area contributed by atoms with Gasteiger partial charge in [-0.2, -0.15) is 4.98 Å². The minimum atomic E-state index is -0.611. The van der Waals surface area contributed by atoms with Crippen LogP contribution in [0.3, 0.4) is 0 Å². The molecule has 2 aromatic heterocycles. The van der Waals surface area contributed by atoms with Crippen molar-refractivity contribution < 1.29 is 23.1 Å². The highest BCUT2D eigenvalue weighted by Gasteiger charge is 2.21. The molecular weight excluding hydrogens is 467 g/mol. The summed E-state index contributed by atoms with van der Waals surface area (Å²) in [6.07, 6.45) is 1.97. The Morgan fingerprint density at radius 3 is 2.61 bits per heavy atom. The fraction of sp³-hybridized carbons (Fsp3) is 0.240. The van der Waals surface area contributed by atoms with Crippen LogP contribution in [0.2, 0.25) is 0 Å². The topological polar surface area (TPSA) is 142 Å². The number of anilines is 3. The Morgan fingerprint density at radius 1 is 1.17 bits per heavy atom. The minimum Gasteiger partial charge on any atom is -0.493 e. The number of carbonyl (C=O) groups excluding carboxylic acids is 1. The minimum absolute atomic E-state index is 0.0441. The van der Waals surface area contributed by atoms with Crippen LogP contribution in [0.15, 0.2) is 40.9 Å². The van der Waals surface area contributed by atoms with Crippen molar-refractivity contribution in [1.82, 2.24) is 14.9 Å². The lowest BCUT2D eigenvalue weighted by Crippen LogP contribution is -2.24. The summed E-state index contributed by atoms with van der Waals surface area (Å²) in [5.41, 5.74) is 14.0. The van der Waals surface area contributed by atoms with Crippen LogP contribution in [0.4, 0.5) is 21.8 Å². The van der Waals surface area contributed by atoms with Crippen molar-refractivity contribution in [3.05, 3.63) is 64.8 Å². The average molecular weight is 495 g/mol. The Morgan fingerprint density at radius 2 is 1.94 bits per heavy atom. The van der Waals surface area contributed by atoms with E-state index in [1.165, 1.54) is 31.3 Å². The van der Waals surface area contributed by atoms with Crippen molar-refractivity contribution in [2.75, 3.05) is 45.1 Å². The number of fused-ring (bicyclic) bond motifs is 1. The summed E-state index contributed by atoms with van der Waals surface area (Å²) in [6.45, 7) is 0.184. The van der Waals surface area contributed by atoms with Gasteiger partial charge in [0, 0.05) is 37.7 Å². The molecule has 188 valence electrons. The van der Waals surface area contributed by atoms with Gasteiger partial charge in [0.1, 0.15) is 17.4 Å². The lowest BCUT2D eigenvalue weighted by molar-refractivity contribution is 0.0824. The highest BCUT2D eigenvalue weighted by Crippen LogP contribution is 2.40. The van der Waals surface area contributed by atoms with Gasteiger partial charge in [-0.05, 0) is 29.8 Å². The molecule has 2 aromatic carbocycles. The number of aromatic nitrogens is 2. The Hall–Kier alpha value is -4.54. The average Bonchev–Trinajstić information content (AvgIpc) is 3.28. The van der Waals surface area contributed by atoms with Crippen LogP contribution in [0, 0.1) is 5.82 Å². The van der Waals surface area contributed by atoms with Gasteiger partial charge in [0.05, 0.1) is 32.0 Å². The van der Waals surface area contributed by atoms with Crippen LogP contribution in [-0.2, 0) is 13.0 Å². The quantitative estimate of drug-likeness (QED) is 0.336. The van der Waals surface area contributed by atoms with Gasteiger partial charge >= 0.3 is 0 Å². The van der Waals surface area contributed by atoms with Crippen molar-refractivity contribution in [2.24, 2.45) is 0 Å². The van der Waals surface area contributed by atoms with E-state index in [2.05, 4.69) is 15.3 Å². The number of nitrogens with zero attached hydrogens (tertiary/aromatic N) is 3. The number of furan rings is 1. The van der Waals surface area contributed by atoms with Gasteiger partial charge in [0.2, 0.25) is 11.7 Å². The molecule has 0 aliphatic heterocycles. The van der Waals surface area contributed by atoms with E-state index >= 15 is 0 Å². The van der Waals surface area contributed by atoms with Crippen LogP contribution >= 0.6 is 0 Å². The van der Waals surface area contributed by atoms with Gasteiger partial charge in [0.25, 0.3) is 5.91 Å². The molecular formula is C25H27FN6O4. The molecule has 0 fully saturated rings. The third-order valence-corrected chi connectivity index (χ3v) is 5.67. The second-order valence-electron chi connectivity index (χ2n) is 8.26. The first kappa shape index (κ1) is 24.6. The van der Waals surface area contributed by atoms with Gasteiger partial charge < -0.3 is 35.6 Å². The van der Waals surface area contributed by atoms with Gasteiger partial charge in [-0.25, -0.2) is 9.37 Å². The van der Waals surface area contributed by atoms with Gasteiger partial charge in [-0.1, -0.05) is 6.07 Å². The van der Waals surface area contributed by atoms with Crippen molar-refractivity contribution >= 4 is 34.3 Å². The van der Waals surface area contributed by atoms with Crippen LogP contribution in [0.5, 0.6) is 11.5 Å². The highest BCUT2D eigenvalue weighted by atomic mass is 19.1. The van der Waals surface area contributed by atoms with Crippen molar-refractivity contribution in [1.29, 1.82) is 0 Å². The maximum Gasteiger partial charge on any atom is 0.258 e. The molecule has 36 heavy (non-hydrogen) atoms. The molecule has 1 amide bonds. The molecule has 0 radical (unpaired) electrons. The van der Waals surface area contributed by atoms with E-state index in [4.69, 9.17) is 25.4 Å². The van der Waals surface area contributed by atoms with E-state index in [0.29, 0.717) is 40.5 Å². The van der Waals surface area contributed by atoms with E-state index in [0.717, 1.165) is 10.9 Å². The lowest BCUT2D eigenvalue weighted by atomic mass is 10.0. The predicted octanol–water partition coefficient (Wildman–Crippen LogP) is 3.45. The lowest BCUT2D eigenvalue weighted by Gasteiger charge is -2.15. The number of carbonyl (C=O) groups is 1. The molecule has 0 aliphatic rings. The predicted molar refractivity (Wildman–Crippen MR) is 135 cm³/mol. The summed E-state index contributed by atoms with van der Waals surface area (Å²) < 4.78 is 31.7. The van der Waals surface area contributed by atoms with E-state index in [9.17, 15) is 9.18 Å². The summed E-state index contributed by atoms with van der Waals surface area (Å²) in [5.74, 6) is 0.755. The molecule has 0 bridgehead atoms. The zero-order valence-corrected chi connectivity index (χ0v) is 20.4. The second-order valence-corrected chi connectivity index (χ2v) is 8.26. The Kier molecular flexibility index (Phi) is 6.82. The van der Waals surface area contributed by atoms with Crippen LogP contribution in [0.1, 0.15) is 27.2 Å². The number of halogens is 1. The SMILES string of the molecule is COc1cc(Cc2cnc(N)nc2N)c2cc(CNc3cccc(F)c3C(=O)N(C)C)oc2c1OC. The third kappa shape index (κ3) is 4.67. The van der Waals surface area contributed by atoms with Gasteiger partial charge in [-0.3, -0.25) is 4.79 Å². The molecule has 0 atom stereocenters. The van der Waals surface area contributed by atoms with Crippen molar-refractivity contribution in [2.45, 2.75) is 13.0 Å². The number of benzene rings is 2. The third-order valence-electron chi connectivity index (χ3n) is 5.67. The summed E-state index contributed by atoms with van der Waals surface area (Å²) in [6, 6.07) is 8.11. The Balaban J connectivity index is 1.72. The molecule has 0 spiro atoms. The van der Waals surface area contributed by atoms with Crippen LogP contribution in [-0.4, -0.2) is 49.1 Å². The molecule has 0 saturated carbocycles. The fourth-order valence-corrected chi connectivity index (χ4v) is 3.91. The first-order valence-electron chi connectivity index (χ1n) is 11.0. The number of hydrogen-bond acceptors (Lipinski definition) is 9. The zero-order chi connectivity index (χ0) is 26.0. The second kappa shape index (κ2) is 9.98. The Labute approximate surface area is 207 Å². The molecule has 0 unspecified atom stereocenters. The first-order chi connectivity index (χ1) is 17.2. The van der Waals surface area contributed by atoms with Crippen molar-refractivity contribution in [3.63, 3.8) is 0 Å². The first-order valence-corrected chi connectivity index (χ1v) is 11.0. The van der Waals surface area contributed by atoms with Gasteiger partial charge in [0.15, 0.2) is 11.3 Å². The molecule has 0 aliphatic carbocycles. The van der Waals surface area contributed by atoms with E-state index in [1.54, 1.807) is 26.4 Å². The number of nitrogens with one attached hydrogen (secondary N) is 1. The van der Waals surface area contributed by atoms with Crippen LogP contribution < -0.4 is 26.3 Å². The number of nitrogen functional groups attached to an aromatic ring is 2. The Bertz CT molecular complexity index is 1440. The molecule has 0 saturated heterocycles. The van der Waals surface area contributed by atoms with E-state index < -0.39 is 11.7 Å². The van der Waals surface area contributed by atoms with Crippen molar-refractivity contribution in [3.8, 4) is 11.5 Å². The summed E-state index contributed by atoms with van der Waals surface area (Å²) in [5, 5.41) is 3.88. The van der Waals surface area contributed by atoms with E-state index in [-0.39, 0.29) is 23.9 Å². The maximum absolute atomic E-state index is 14.5. The molecule has 10 nitrogen and oxygen atoms in total. The normalized spacial score (nSPS) is 10.9. The number of ether oxygens (including phenoxy) is 2. The zero-order valence-electron chi connectivity index (χ0n) is 20.4. The smallest absolute Gasteiger partial charge is 0.258 e. The molecule has 11 heteroatoms. The van der Waals surface area contributed by atoms with Crippen LogP contribution in [0.25, 0.3) is 11.0 Å². The van der Waals surface area contributed by atoms with Gasteiger partial charge in [-0.15, -0.1) is 0 Å². The number of rotatable bonds is 8. The highest BCUT2D eigenvalue weighted by molar-refractivity contribution is 5.99. The summed E-state index contributed by atoms with van der Waals surface area (Å²) in [4.78, 5) is 21.9. The molecule has 4 aromatic rings. The van der Waals surface area contributed by atoms with E-state index in [1.807, 2.05) is 12.1 Å². The molecule has 2 heterocycles. The maximum atomic E-state index is 14.5. The largest absolute Gasteiger partial charge is 0.493 e. The molecule has 4 rings (SSSR count). The monoisotopic (exact) mass is 494 g/mol.